The van der Waals surface area contributed by atoms with E-state index in [1.54, 1.807) is 19.1 Å². The standard InChI is InChI=1S/C18H25NO4S/c1-13(2)12-23-18(20)16-6-5-7-17(9-16)24(21,22)19-10-14(3)8-15(4)11-19/h5-7,9,14-15H,1,8,10-12H2,2-4H3. The molecule has 1 fully saturated rings. The lowest BCUT2D eigenvalue weighted by atomic mass is 9.94. The Morgan fingerprint density at radius 3 is 2.50 bits per heavy atom. The summed E-state index contributed by atoms with van der Waals surface area (Å²) in [5.41, 5.74) is 0.957. The number of hydrogen-bond acceptors (Lipinski definition) is 4. The lowest BCUT2D eigenvalue weighted by molar-refractivity contribution is 0.0540. The molecular weight excluding hydrogens is 326 g/mol. The van der Waals surface area contributed by atoms with Gasteiger partial charge in [0.1, 0.15) is 6.61 Å². The molecule has 132 valence electrons. The molecule has 1 aromatic carbocycles. The highest BCUT2D eigenvalue weighted by atomic mass is 32.2. The van der Waals surface area contributed by atoms with Crippen LogP contribution in [0, 0.1) is 11.8 Å². The van der Waals surface area contributed by atoms with Crippen molar-refractivity contribution in [2.24, 2.45) is 11.8 Å². The van der Waals surface area contributed by atoms with Gasteiger partial charge in [0.25, 0.3) is 0 Å². The first-order chi connectivity index (χ1) is 11.2. The van der Waals surface area contributed by atoms with Crippen LogP contribution in [0.25, 0.3) is 0 Å². The smallest absolute Gasteiger partial charge is 0.338 e. The number of carbonyl (C=O) groups excluding carboxylic acids is 1. The van der Waals surface area contributed by atoms with E-state index in [9.17, 15) is 13.2 Å². The van der Waals surface area contributed by atoms with Crippen molar-refractivity contribution in [1.29, 1.82) is 0 Å². The Labute approximate surface area is 144 Å². The van der Waals surface area contributed by atoms with Crippen molar-refractivity contribution in [2.75, 3.05) is 19.7 Å². The predicted octanol–water partition coefficient (Wildman–Crippen LogP) is 3.09. The number of esters is 1. The number of nitrogens with zero attached hydrogens (tertiary/aromatic N) is 1. The van der Waals surface area contributed by atoms with E-state index in [-0.39, 0.29) is 17.1 Å². The first-order valence-corrected chi connectivity index (χ1v) is 9.56. The second-order valence-corrected chi connectivity index (χ2v) is 8.77. The molecule has 2 rings (SSSR count). The van der Waals surface area contributed by atoms with E-state index in [2.05, 4.69) is 20.4 Å². The van der Waals surface area contributed by atoms with Crippen molar-refractivity contribution >= 4 is 16.0 Å². The summed E-state index contributed by atoms with van der Waals surface area (Å²) in [4.78, 5) is 12.2. The van der Waals surface area contributed by atoms with E-state index in [1.165, 1.54) is 16.4 Å². The minimum Gasteiger partial charge on any atom is -0.458 e. The second-order valence-electron chi connectivity index (χ2n) is 6.83. The van der Waals surface area contributed by atoms with Gasteiger partial charge < -0.3 is 4.74 Å². The van der Waals surface area contributed by atoms with Crippen molar-refractivity contribution in [3.8, 4) is 0 Å². The second kappa shape index (κ2) is 7.49. The minimum absolute atomic E-state index is 0.122. The van der Waals surface area contributed by atoms with Gasteiger partial charge >= 0.3 is 5.97 Å². The molecule has 6 heteroatoms. The van der Waals surface area contributed by atoms with Crippen LogP contribution >= 0.6 is 0 Å². The third-order valence-corrected chi connectivity index (χ3v) is 5.82. The van der Waals surface area contributed by atoms with Crippen LogP contribution in [-0.4, -0.2) is 38.4 Å². The SMILES string of the molecule is C=C(C)COC(=O)c1cccc(S(=O)(=O)N2CC(C)CC(C)C2)c1. The third kappa shape index (κ3) is 4.45. The predicted molar refractivity (Wildman–Crippen MR) is 93.2 cm³/mol. The number of hydrogen-bond donors (Lipinski definition) is 0. The fraction of sp³-hybridized carbons (Fsp3) is 0.500. The molecule has 1 heterocycles. The largest absolute Gasteiger partial charge is 0.458 e. The molecule has 0 bridgehead atoms. The van der Waals surface area contributed by atoms with Gasteiger partial charge in [0.15, 0.2) is 0 Å². The van der Waals surface area contributed by atoms with E-state index < -0.39 is 16.0 Å². The summed E-state index contributed by atoms with van der Waals surface area (Å²) < 4.78 is 32.4. The molecule has 0 spiro atoms. The van der Waals surface area contributed by atoms with Gasteiger partial charge in [-0.05, 0) is 49.0 Å². The van der Waals surface area contributed by atoms with Gasteiger partial charge in [0.05, 0.1) is 10.5 Å². The van der Waals surface area contributed by atoms with Crippen molar-refractivity contribution in [3.63, 3.8) is 0 Å². The molecule has 0 N–H and O–H groups in total. The normalized spacial score (nSPS) is 22.1. The molecule has 1 aromatic rings. The molecule has 2 atom stereocenters. The molecule has 0 aliphatic carbocycles. The van der Waals surface area contributed by atoms with Crippen LogP contribution < -0.4 is 0 Å². The maximum Gasteiger partial charge on any atom is 0.338 e. The molecule has 1 saturated heterocycles. The summed E-state index contributed by atoms with van der Waals surface area (Å²) in [7, 11) is -3.61. The van der Waals surface area contributed by atoms with Crippen molar-refractivity contribution < 1.29 is 17.9 Å². The molecule has 1 aliphatic heterocycles. The minimum atomic E-state index is -3.61. The summed E-state index contributed by atoms with van der Waals surface area (Å²) >= 11 is 0. The molecule has 0 aromatic heterocycles. The van der Waals surface area contributed by atoms with Crippen molar-refractivity contribution in [2.45, 2.75) is 32.1 Å². The number of carbonyl (C=O) groups is 1. The lowest BCUT2D eigenvalue weighted by Crippen LogP contribution is -2.42. The zero-order valence-electron chi connectivity index (χ0n) is 14.5. The Morgan fingerprint density at radius 1 is 1.29 bits per heavy atom. The van der Waals surface area contributed by atoms with Crippen LogP contribution in [-0.2, 0) is 14.8 Å². The van der Waals surface area contributed by atoms with Gasteiger partial charge in [-0.1, -0.05) is 26.5 Å². The van der Waals surface area contributed by atoms with Gasteiger partial charge in [0.2, 0.25) is 10.0 Å². The quantitative estimate of drug-likeness (QED) is 0.604. The van der Waals surface area contributed by atoms with E-state index in [0.717, 1.165) is 12.0 Å². The Bertz CT molecular complexity index is 716. The summed E-state index contributed by atoms with van der Waals surface area (Å²) in [5, 5.41) is 0. The lowest BCUT2D eigenvalue weighted by Gasteiger charge is -2.34. The average molecular weight is 351 g/mol. The topological polar surface area (TPSA) is 63.7 Å². The highest BCUT2D eigenvalue weighted by Gasteiger charge is 2.32. The molecule has 0 radical (unpaired) electrons. The van der Waals surface area contributed by atoms with Crippen molar-refractivity contribution in [3.05, 3.63) is 42.0 Å². The summed E-state index contributed by atoms with van der Waals surface area (Å²) in [6.45, 7) is 10.7. The number of rotatable bonds is 5. The van der Waals surface area contributed by atoms with Gasteiger partial charge in [-0.15, -0.1) is 0 Å². The Morgan fingerprint density at radius 2 is 1.92 bits per heavy atom. The summed E-state index contributed by atoms with van der Waals surface area (Å²) in [6.07, 6.45) is 1.03. The Hall–Kier alpha value is -1.66. The number of ether oxygens (including phenoxy) is 1. The molecule has 5 nitrogen and oxygen atoms in total. The fourth-order valence-corrected chi connectivity index (χ4v) is 4.73. The fourth-order valence-electron chi connectivity index (χ4n) is 3.01. The summed E-state index contributed by atoms with van der Waals surface area (Å²) in [5.74, 6) is 0.106. The van der Waals surface area contributed by atoms with E-state index in [1.807, 2.05) is 0 Å². The average Bonchev–Trinajstić information content (AvgIpc) is 2.51. The van der Waals surface area contributed by atoms with Crippen LogP contribution in [0.3, 0.4) is 0 Å². The zero-order chi connectivity index (χ0) is 17.9. The van der Waals surface area contributed by atoms with Crippen molar-refractivity contribution in [1.82, 2.24) is 4.31 Å². The first-order valence-electron chi connectivity index (χ1n) is 8.12. The zero-order valence-corrected chi connectivity index (χ0v) is 15.3. The maximum atomic E-state index is 12.9. The van der Waals surface area contributed by atoms with Crippen LogP contribution in [0.4, 0.5) is 0 Å². The highest BCUT2D eigenvalue weighted by molar-refractivity contribution is 7.89. The van der Waals surface area contributed by atoms with Crippen LogP contribution in [0.5, 0.6) is 0 Å². The summed E-state index contributed by atoms with van der Waals surface area (Å²) in [6, 6.07) is 6.04. The monoisotopic (exact) mass is 351 g/mol. The number of benzene rings is 1. The molecule has 0 amide bonds. The van der Waals surface area contributed by atoms with E-state index in [4.69, 9.17) is 4.74 Å². The maximum absolute atomic E-state index is 12.9. The molecule has 1 aliphatic rings. The van der Waals surface area contributed by atoms with E-state index in [0.29, 0.717) is 24.9 Å². The third-order valence-electron chi connectivity index (χ3n) is 3.99. The molecule has 24 heavy (non-hydrogen) atoms. The van der Waals surface area contributed by atoms with Crippen LogP contribution in [0.2, 0.25) is 0 Å². The van der Waals surface area contributed by atoms with Crippen LogP contribution in [0.15, 0.2) is 41.3 Å². The number of sulfonamides is 1. The van der Waals surface area contributed by atoms with Gasteiger partial charge in [0, 0.05) is 13.1 Å². The van der Waals surface area contributed by atoms with Gasteiger partial charge in [-0.2, -0.15) is 4.31 Å². The molecular formula is C18H25NO4S. The first kappa shape index (κ1) is 18.7. The molecule has 0 saturated carbocycles. The van der Waals surface area contributed by atoms with Crippen LogP contribution in [0.1, 0.15) is 37.6 Å². The number of piperidine rings is 1. The molecule has 2 unspecified atom stereocenters. The van der Waals surface area contributed by atoms with E-state index >= 15 is 0 Å². The Kier molecular flexibility index (Phi) is 5.83. The highest BCUT2D eigenvalue weighted by Crippen LogP contribution is 2.27. The van der Waals surface area contributed by atoms with Gasteiger partial charge in [-0.3, -0.25) is 0 Å². The Balaban J connectivity index is 2.23. The van der Waals surface area contributed by atoms with Gasteiger partial charge in [-0.25, -0.2) is 13.2 Å².